The molecule has 32 heavy (non-hydrogen) atoms. The number of benzene rings is 1. The van der Waals surface area contributed by atoms with E-state index in [1.807, 2.05) is 68.4 Å². The van der Waals surface area contributed by atoms with E-state index in [2.05, 4.69) is 16.0 Å². The first-order chi connectivity index (χ1) is 15.6. The highest BCUT2D eigenvalue weighted by atomic mass is 16.5. The van der Waals surface area contributed by atoms with Crippen molar-refractivity contribution in [1.82, 2.24) is 14.8 Å². The lowest BCUT2D eigenvalue weighted by atomic mass is 10.0. The zero-order valence-corrected chi connectivity index (χ0v) is 19.5. The van der Waals surface area contributed by atoms with Crippen molar-refractivity contribution in [1.29, 1.82) is 0 Å². The normalized spacial score (nSPS) is 15.1. The molecule has 1 fully saturated rings. The minimum Gasteiger partial charge on any atom is -0.490 e. The van der Waals surface area contributed by atoms with Gasteiger partial charge in [-0.3, -0.25) is 9.78 Å². The number of nitrogens with zero attached hydrogens (tertiary/aromatic N) is 3. The summed E-state index contributed by atoms with van der Waals surface area (Å²) in [5, 5.41) is 0. The largest absolute Gasteiger partial charge is 0.490 e. The van der Waals surface area contributed by atoms with E-state index in [4.69, 9.17) is 9.47 Å². The fourth-order valence-electron chi connectivity index (χ4n) is 3.99. The van der Waals surface area contributed by atoms with Crippen molar-refractivity contribution in [3.05, 3.63) is 59.9 Å². The lowest BCUT2D eigenvalue weighted by Gasteiger charge is -2.36. The maximum absolute atomic E-state index is 12.7. The Labute approximate surface area is 191 Å². The zero-order valence-electron chi connectivity index (χ0n) is 19.5. The van der Waals surface area contributed by atoms with Gasteiger partial charge in [0.05, 0.1) is 13.2 Å². The number of carbonyl (C=O) groups is 1. The lowest BCUT2D eigenvalue weighted by molar-refractivity contribution is -0.127. The first-order valence-electron chi connectivity index (χ1n) is 11.6. The Morgan fingerprint density at radius 2 is 1.88 bits per heavy atom. The molecule has 2 aromatic rings. The molecule has 0 atom stereocenters. The number of aromatic nitrogens is 1. The number of likely N-dealkylation sites (tertiary alicyclic amines) is 1. The van der Waals surface area contributed by atoms with Gasteiger partial charge in [0, 0.05) is 57.1 Å². The van der Waals surface area contributed by atoms with Crippen LogP contribution >= 0.6 is 0 Å². The van der Waals surface area contributed by atoms with E-state index in [0.717, 1.165) is 55.9 Å². The molecule has 0 unspecified atom stereocenters. The molecule has 0 N–H and O–H groups in total. The molecule has 1 aliphatic heterocycles. The van der Waals surface area contributed by atoms with Crippen molar-refractivity contribution in [2.24, 2.45) is 0 Å². The molecule has 3 rings (SSSR count). The molecule has 2 heterocycles. The van der Waals surface area contributed by atoms with Crippen LogP contribution in [0.2, 0.25) is 0 Å². The summed E-state index contributed by atoms with van der Waals surface area (Å²) in [5.74, 6) is 1.46. The molecule has 0 radical (unpaired) electrons. The van der Waals surface area contributed by atoms with E-state index in [1.165, 1.54) is 0 Å². The second-order valence-electron chi connectivity index (χ2n) is 8.00. The van der Waals surface area contributed by atoms with Gasteiger partial charge in [0.25, 0.3) is 0 Å². The number of piperidine rings is 1. The third kappa shape index (κ3) is 6.82. The van der Waals surface area contributed by atoms with Crippen LogP contribution in [-0.2, 0) is 11.2 Å². The number of pyridine rings is 1. The fourth-order valence-corrected chi connectivity index (χ4v) is 3.99. The molecule has 1 aromatic carbocycles. The highest BCUT2D eigenvalue weighted by Crippen LogP contribution is 2.29. The maximum atomic E-state index is 12.7. The molecular formula is C26H35N3O3. The second kappa shape index (κ2) is 12.2. The van der Waals surface area contributed by atoms with Crippen LogP contribution in [0.15, 0.2) is 48.7 Å². The molecule has 0 spiro atoms. The number of rotatable bonds is 10. The maximum Gasteiger partial charge on any atom is 0.246 e. The van der Waals surface area contributed by atoms with Crippen LogP contribution in [0.3, 0.4) is 0 Å². The van der Waals surface area contributed by atoms with Crippen LogP contribution in [0.1, 0.15) is 37.9 Å². The number of hydrogen-bond acceptors (Lipinski definition) is 5. The number of hydrogen-bond donors (Lipinski definition) is 0. The Kier molecular flexibility index (Phi) is 9.11. The summed E-state index contributed by atoms with van der Waals surface area (Å²) in [6.45, 7) is 8.08. The van der Waals surface area contributed by atoms with Crippen LogP contribution < -0.4 is 9.47 Å². The highest BCUT2D eigenvalue weighted by molar-refractivity contribution is 5.91. The number of likely N-dealkylation sites (N-methyl/N-ethyl adjacent to an activating group) is 1. The Morgan fingerprint density at radius 3 is 2.56 bits per heavy atom. The van der Waals surface area contributed by atoms with Gasteiger partial charge in [-0.2, -0.15) is 0 Å². The van der Waals surface area contributed by atoms with Gasteiger partial charge in [-0.05, 0) is 62.6 Å². The summed E-state index contributed by atoms with van der Waals surface area (Å²) in [4.78, 5) is 21.5. The molecule has 1 amide bonds. The van der Waals surface area contributed by atoms with Gasteiger partial charge >= 0.3 is 0 Å². The van der Waals surface area contributed by atoms with Crippen molar-refractivity contribution in [2.75, 3.05) is 39.9 Å². The van der Waals surface area contributed by atoms with Crippen LogP contribution in [0.4, 0.5) is 0 Å². The summed E-state index contributed by atoms with van der Waals surface area (Å²) in [6.07, 6.45) is 8.30. The monoisotopic (exact) mass is 437 g/mol. The van der Waals surface area contributed by atoms with E-state index in [9.17, 15) is 4.79 Å². The van der Waals surface area contributed by atoms with E-state index in [0.29, 0.717) is 19.0 Å². The van der Waals surface area contributed by atoms with Gasteiger partial charge in [0.1, 0.15) is 0 Å². The van der Waals surface area contributed by atoms with Gasteiger partial charge in [-0.25, -0.2) is 0 Å². The average molecular weight is 438 g/mol. The Bertz CT molecular complexity index is 877. The highest BCUT2D eigenvalue weighted by Gasteiger charge is 2.24. The predicted octanol–water partition coefficient (Wildman–Crippen LogP) is 4.06. The van der Waals surface area contributed by atoms with Crippen molar-refractivity contribution in [2.45, 2.75) is 39.2 Å². The summed E-state index contributed by atoms with van der Waals surface area (Å²) in [7, 11) is 1.91. The molecule has 6 heteroatoms. The summed E-state index contributed by atoms with van der Waals surface area (Å²) in [5.41, 5.74) is 2.05. The van der Waals surface area contributed by atoms with Gasteiger partial charge in [0.2, 0.25) is 5.91 Å². The minimum absolute atomic E-state index is 0.0313. The van der Waals surface area contributed by atoms with Gasteiger partial charge in [-0.1, -0.05) is 12.1 Å². The predicted molar refractivity (Wildman–Crippen MR) is 128 cm³/mol. The number of amides is 1. The minimum atomic E-state index is 0.0313. The second-order valence-corrected chi connectivity index (χ2v) is 8.00. The van der Waals surface area contributed by atoms with E-state index >= 15 is 0 Å². The Balaban J connectivity index is 1.49. The van der Waals surface area contributed by atoms with E-state index in [1.54, 1.807) is 6.08 Å². The molecular weight excluding hydrogens is 402 g/mol. The molecule has 172 valence electrons. The van der Waals surface area contributed by atoms with Crippen molar-refractivity contribution in [3.63, 3.8) is 0 Å². The van der Waals surface area contributed by atoms with Crippen molar-refractivity contribution < 1.29 is 14.3 Å². The van der Waals surface area contributed by atoms with Crippen molar-refractivity contribution >= 4 is 12.0 Å². The lowest BCUT2D eigenvalue weighted by Crippen LogP contribution is -2.45. The standard InChI is InChI=1S/C26H35N3O3/c1-4-31-24-11-9-21(20-25(24)32-5-2)10-12-26(30)28(3)23-14-18-29(19-15-23)17-13-22-8-6-7-16-27-22/h6-12,16,20,23H,4-5,13-15,17-19H2,1-3H3/b12-10+. The molecule has 0 aliphatic carbocycles. The summed E-state index contributed by atoms with van der Waals surface area (Å²) < 4.78 is 11.3. The topological polar surface area (TPSA) is 54.9 Å². The van der Waals surface area contributed by atoms with Crippen molar-refractivity contribution in [3.8, 4) is 11.5 Å². The molecule has 0 saturated carbocycles. The average Bonchev–Trinajstić information content (AvgIpc) is 2.83. The van der Waals surface area contributed by atoms with E-state index in [-0.39, 0.29) is 11.9 Å². The molecule has 1 saturated heterocycles. The zero-order chi connectivity index (χ0) is 22.8. The summed E-state index contributed by atoms with van der Waals surface area (Å²) >= 11 is 0. The Morgan fingerprint density at radius 1 is 1.12 bits per heavy atom. The smallest absolute Gasteiger partial charge is 0.246 e. The third-order valence-electron chi connectivity index (χ3n) is 5.85. The van der Waals surface area contributed by atoms with Crippen LogP contribution in [-0.4, -0.2) is 66.6 Å². The molecule has 1 aromatic heterocycles. The van der Waals surface area contributed by atoms with Gasteiger partial charge in [0.15, 0.2) is 11.5 Å². The fraction of sp³-hybridized carbons (Fsp3) is 0.462. The molecule has 1 aliphatic rings. The SMILES string of the molecule is CCOc1ccc(/C=C/C(=O)N(C)C2CCN(CCc3ccccn3)CC2)cc1OCC. The third-order valence-corrected chi connectivity index (χ3v) is 5.85. The summed E-state index contributed by atoms with van der Waals surface area (Å²) in [6, 6.07) is 12.1. The Hall–Kier alpha value is -2.86. The molecule has 6 nitrogen and oxygen atoms in total. The van der Waals surface area contributed by atoms with E-state index < -0.39 is 0 Å². The van der Waals surface area contributed by atoms with Crippen LogP contribution in [0, 0.1) is 0 Å². The quantitative estimate of drug-likeness (QED) is 0.525. The number of ether oxygens (including phenoxy) is 2. The van der Waals surface area contributed by atoms with Crippen LogP contribution in [0.25, 0.3) is 6.08 Å². The van der Waals surface area contributed by atoms with Gasteiger partial charge < -0.3 is 19.3 Å². The first kappa shape index (κ1) is 23.8. The van der Waals surface area contributed by atoms with Crippen LogP contribution in [0.5, 0.6) is 11.5 Å². The first-order valence-corrected chi connectivity index (χ1v) is 11.6. The number of carbonyl (C=O) groups excluding carboxylic acids is 1. The van der Waals surface area contributed by atoms with Gasteiger partial charge in [-0.15, -0.1) is 0 Å². The molecule has 0 bridgehead atoms.